The number of benzene rings is 1. The minimum atomic E-state index is -0.768. The number of rotatable bonds is 6. The zero-order chi connectivity index (χ0) is 13.7. The number of hydrogen-bond donors (Lipinski definition) is 2. The van der Waals surface area contributed by atoms with Gasteiger partial charge in [0, 0.05) is 6.54 Å². The van der Waals surface area contributed by atoms with Crippen LogP contribution >= 0.6 is 0 Å². The Morgan fingerprint density at radius 3 is 2.33 bits per heavy atom. The lowest BCUT2D eigenvalue weighted by Crippen LogP contribution is -2.41. The Hall–Kier alpha value is -1.35. The smallest absolute Gasteiger partial charge is 0.320 e. The molecule has 1 rings (SSSR count). The zero-order valence-electron chi connectivity index (χ0n) is 11.7. The molecular formula is C15H23NO2. The SMILES string of the molecule is CC[C@H](C)[C@H](NCc1c(C)cccc1C)C(=O)O. The molecule has 0 aliphatic rings. The normalized spacial score (nSPS) is 14.2. The van der Waals surface area contributed by atoms with Crippen LogP contribution in [0.3, 0.4) is 0 Å². The minimum absolute atomic E-state index is 0.131. The minimum Gasteiger partial charge on any atom is -0.480 e. The van der Waals surface area contributed by atoms with E-state index in [9.17, 15) is 9.90 Å². The van der Waals surface area contributed by atoms with Crippen LogP contribution in [0.15, 0.2) is 18.2 Å². The lowest BCUT2D eigenvalue weighted by molar-refractivity contribution is -0.140. The van der Waals surface area contributed by atoms with Gasteiger partial charge in [0.25, 0.3) is 0 Å². The van der Waals surface area contributed by atoms with Crippen molar-refractivity contribution in [3.05, 3.63) is 34.9 Å². The van der Waals surface area contributed by atoms with Crippen molar-refractivity contribution >= 4 is 5.97 Å². The van der Waals surface area contributed by atoms with Crippen molar-refractivity contribution in [1.82, 2.24) is 5.32 Å². The van der Waals surface area contributed by atoms with E-state index in [1.807, 2.05) is 19.9 Å². The Bertz CT molecular complexity index is 395. The summed E-state index contributed by atoms with van der Waals surface area (Å²) in [5, 5.41) is 12.4. The molecule has 0 saturated carbocycles. The van der Waals surface area contributed by atoms with Crippen LogP contribution < -0.4 is 5.32 Å². The summed E-state index contributed by atoms with van der Waals surface area (Å²) in [4.78, 5) is 11.2. The molecular weight excluding hydrogens is 226 g/mol. The van der Waals surface area contributed by atoms with Crippen molar-refractivity contribution in [2.45, 2.75) is 46.7 Å². The van der Waals surface area contributed by atoms with Crippen LogP contribution in [-0.4, -0.2) is 17.1 Å². The van der Waals surface area contributed by atoms with Gasteiger partial charge in [-0.05, 0) is 36.5 Å². The van der Waals surface area contributed by atoms with Crippen LogP contribution in [0.1, 0.15) is 37.0 Å². The lowest BCUT2D eigenvalue weighted by atomic mass is 9.97. The quantitative estimate of drug-likeness (QED) is 0.815. The van der Waals surface area contributed by atoms with E-state index in [1.54, 1.807) is 0 Å². The standard InChI is InChI=1S/C15H23NO2/c1-5-10(2)14(15(17)18)16-9-13-11(3)7-6-8-12(13)4/h6-8,10,14,16H,5,9H2,1-4H3,(H,17,18)/t10-,14-/m0/s1. The van der Waals surface area contributed by atoms with E-state index in [0.717, 1.165) is 6.42 Å². The van der Waals surface area contributed by atoms with Crippen LogP contribution in [-0.2, 0) is 11.3 Å². The third kappa shape index (κ3) is 3.57. The number of nitrogens with one attached hydrogen (secondary N) is 1. The molecule has 3 heteroatoms. The fourth-order valence-electron chi connectivity index (χ4n) is 2.11. The highest BCUT2D eigenvalue weighted by Crippen LogP contribution is 2.15. The highest BCUT2D eigenvalue weighted by Gasteiger charge is 2.22. The van der Waals surface area contributed by atoms with Gasteiger partial charge in [-0.15, -0.1) is 0 Å². The molecule has 2 N–H and O–H groups in total. The van der Waals surface area contributed by atoms with Gasteiger partial charge in [0.2, 0.25) is 0 Å². The van der Waals surface area contributed by atoms with Gasteiger partial charge in [-0.25, -0.2) is 0 Å². The molecule has 0 unspecified atom stereocenters. The Labute approximate surface area is 109 Å². The maximum absolute atomic E-state index is 11.2. The predicted octanol–water partition coefficient (Wildman–Crippen LogP) is 2.89. The maximum atomic E-state index is 11.2. The Balaban J connectivity index is 2.76. The fraction of sp³-hybridized carbons (Fsp3) is 0.533. The van der Waals surface area contributed by atoms with E-state index >= 15 is 0 Å². The topological polar surface area (TPSA) is 49.3 Å². The molecule has 0 amide bonds. The second kappa shape index (κ2) is 6.55. The number of aryl methyl sites for hydroxylation is 2. The first-order valence-electron chi connectivity index (χ1n) is 6.48. The third-order valence-corrected chi connectivity index (χ3v) is 3.62. The molecule has 0 bridgehead atoms. The highest BCUT2D eigenvalue weighted by atomic mass is 16.4. The van der Waals surface area contributed by atoms with Gasteiger partial charge < -0.3 is 10.4 Å². The van der Waals surface area contributed by atoms with Crippen molar-refractivity contribution in [3.63, 3.8) is 0 Å². The van der Waals surface area contributed by atoms with Gasteiger partial charge >= 0.3 is 5.97 Å². The molecule has 1 aromatic carbocycles. The van der Waals surface area contributed by atoms with Crippen molar-refractivity contribution in [2.75, 3.05) is 0 Å². The van der Waals surface area contributed by atoms with Crippen molar-refractivity contribution in [3.8, 4) is 0 Å². The summed E-state index contributed by atoms with van der Waals surface area (Å²) in [6.45, 7) is 8.71. The predicted molar refractivity (Wildman–Crippen MR) is 73.6 cm³/mol. The Morgan fingerprint density at radius 1 is 1.33 bits per heavy atom. The average molecular weight is 249 g/mol. The summed E-state index contributed by atoms with van der Waals surface area (Å²) in [5.41, 5.74) is 3.61. The van der Waals surface area contributed by atoms with E-state index in [2.05, 4.69) is 31.3 Å². The number of carboxylic acid groups (broad SMARTS) is 1. The molecule has 18 heavy (non-hydrogen) atoms. The molecule has 0 spiro atoms. The fourth-order valence-corrected chi connectivity index (χ4v) is 2.11. The average Bonchev–Trinajstić information content (AvgIpc) is 2.31. The summed E-state index contributed by atoms with van der Waals surface area (Å²) >= 11 is 0. The first-order valence-corrected chi connectivity index (χ1v) is 6.48. The van der Waals surface area contributed by atoms with Gasteiger partial charge in [0.05, 0.1) is 0 Å². The van der Waals surface area contributed by atoms with Crippen LogP contribution in [0.5, 0.6) is 0 Å². The molecule has 2 atom stereocenters. The van der Waals surface area contributed by atoms with Crippen molar-refractivity contribution in [1.29, 1.82) is 0 Å². The Morgan fingerprint density at radius 2 is 1.89 bits per heavy atom. The van der Waals surface area contributed by atoms with Crippen LogP contribution in [0.25, 0.3) is 0 Å². The highest BCUT2D eigenvalue weighted by molar-refractivity contribution is 5.73. The second-order valence-corrected chi connectivity index (χ2v) is 4.95. The van der Waals surface area contributed by atoms with Crippen molar-refractivity contribution < 1.29 is 9.90 Å². The largest absolute Gasteiger partial charge is 0.480 e. The number of carboxylic acids is 1. The van der Waals surface area contributed by atoms with Gasteiger partial charge in [-0.3, -0.25) is 4.79 Å². The van der Waals surface area contributed by atoms with Gasteiger partial charge in [0.1, 0.15) is 6.04 Å². The first-order chi connectivity index (χ1) is 8.47. The molecule has 0 radical (unpaired) electrons. The molecule has 0 saturated heterocycles. The summed E-state index contributed by atoms with van der Waals surface area (Å²) in [7, 11) is 0. The molecule has 0 fully saturated rings. The molecule has 100 valence electrons. The second-order valence-electron chi connectivity index (χ2n) is 4.95. The summed E-state index contributed by atoms with van der Waals surface area (Å²) in [5.74, 6) is -0.637. The molecule has 0 aliphatic carbocycles. The maximum Gasteiger partial charge on any atom is 0.320 e. The Kier molecular flexibility index (Phi) is 5.35. The lowest BCUT2D eigenvalue weighted by Gasteiger charge is -2.21. The third-order valence-electron chi connectivity index (χ3n) is 3.62. The summed E-state index contributed by atoms with van der Waals surface area (Å²) < 4.78 is 0. The number of hydrogen-bond acceptors (Lipinski definition) is 2. The molecule has 3 nitrogen and oxygen atoms in total. The summed E-state index contributed by atoms with van der Waals surface area (Å²) in [6.07, 6.45) is 0.858. The molecule has 0 aliphatic heterocycles. The van der Waals surface area contributed by atoms with Crippen LogP contribution in [0.4, 0.5) is 0 Å². The summed E-state index contributed by atoms with van der Waals surface area (Å²) in [6, 6.07) is 5.66. The van der Waals surface area contributed by atoms with E-state index in [4.69, 9.17) is 0 Å². The molecule has 0 heterocycles. The molecule has 0 aromatic heterocycles. The van der Waals surface area contributed by atoms with E-state index in [0.29, 0.717) is 6.54 Å². The first kappa shape index (κ1) is 14.7. The van der Waals surface area contributed by atoms with Gasteiger partial charge in [0.15, 0.2) is 0 Å². The monoisotopic (exact) mass is 249 g/mol. The van der Waals surface area contributed by atoms with Crippen LogP contribution in [0.2, 0.25) is 0 Å². The van der Waals surface area contributed by atoms with E-state index in [-0.39, 0.29) is 5.92 Å². The van der Waals surface area contributed by atoms with Gasteiger partial charge in [-0.1, -0.05) is 38.5 Å². The number of aliphatic carboxylic acids is 1. The van der Waals surface area contributed by atoms with Gasteiger partial charge in [-0.2, -0.15) is 0 Å². The molecule has 1 aromatic rings. The van der Waals surface area contributed by atoms with E-state index < -0.39 is 12.0 Å². The zero-order valence-corrected chi connectivity index (χ0v) is 11.7. The van der Waals surface area contributed by atoms with Crippen LogP contribution in [0, 0.1) is 19.8 Å². The van der Waals surface area contributed by atoms with E-state index in [1.165, 1.54) is 16.7 Å². The van der Waals surface area contributed by atoms with Crippen molar-refractivity contribution in [2.24, 2.45) is 5.92 Å². The number of carbonyl (C=O) groups is 1.